The first kappa shape index (κ1) is 14.6. The van der Waals surface area contributed by atoms with E-state index in [2.05, 4.69) is 15.3 Å². The van der Waals surface area contributed by atoms with Crippen LogP contribution in [0.4, 0.5) is 0 Å². The molecule has 0 bridgehead atoms. The summed E-state index contributed by atoms with van der Waals surface area (Å²) >= 11 is 0. The number of hydrogen-bond acceptors (Lipinski definition) is 4. The SMILES string of the molecule is O=C(Cc1cccnc1)N1CC(n2cc(-c3ccccc3)nn2)C1. The Morgan fingerprint density at radius 3 is 2.71 bits per heavy atom. The Hall–Kier alpha value is -3.02. The van der Waals surface area contributed by atoms with Crippen molar-refractivity contribution in [3.8, 4) is 11.3 Å². The van der Waals surface area contributed by atoms with Gasteiger partial charge in [-0.15, -0.1) is 5.10 Å². The molecule has 0 unspecified atom stereocenters. The average molecular weight is 319 g/mol. The maximum Gasteiger partial charge on any atom is 0.227 e. The van der Waals surface area contributed by atoms with E-state index >= 15 is 0 Å². The molecule has 1 aliphatic rings. The number of carbonyl (C=O) groups is 1. The van der Waals surface area contributed by atoms with Gasteiger partial charge in [0.05, 0.1) is 18.7 Å². The van der Waals surface area contributed by atoms with E-state index in [1.54, 1.807) is 12.4 Å². The van der Waals surface area contributed by atoms with Crippen molar-refractivity contribution in [1.29, 1.82) is 0 Å². The highest BCUT2D eigenvalue weighted by atomic mass is 16.2. The Bertz CT molecular complexity index is 825. The lowest BCUT2D eigenvalue weighted by molar-refractivity contribution is -0.136. The van der Waals surface area contributed by atoms with Crippen molar-refractivity contribution in [1.82, 2.24) is 24.9 Å². The van der Waals surface area contributed by atoms with Crippen LogP contribution in [0.15, 0.2) is 61.1 Å². The summed E-state index contributed by atoms with van der Waals surface area (Å²) in [5.41, 5.74) is 2.85. The van der Waals surface area contributed by atoms with Gasteiger partial charge in [-0.05, 0) is 11.6 Å². The van der Waals surface area contributed by atoms with Crippen molar-refractivity contribution < 1.29 is 4.79 Å². The molecule has 6 heteroatoms. The molecule has 24 heavy (non-hydrogen) atoms. The lowest BCUT2D eigenvalue weighted by Crippen LogP contribution is -2.51. The molecule has 1 amide bonds. The fourth-order valence-electron chi connectivity index (χ4n) is 2.81. The van der Waals surface area contributed by atoms with Crippen LogP contribution in [0.5, 0.6) is 0 Å². The molecule has 3 heterocycles. The van der Waals surface area contributed by atoms with Gasteiger partial charge in [0.25, 0.3) is 0 Å². The van der Waals surface area contributed by atoms with E-state index < -0.39 is 0 Å². The van der Waals surface area contributed by atoms with Crippen LogP contribution in [-0.2, 0) is 11.2 Å². The summed E-state index contributed by atoms with van der Waals surface area (Å²) < 4.78 is 1.86. The molecular weight excluding hydrogens is 302 g/mol. The van der Waals surface area contributed by atoms with Crippen LogP contribution in [0, 0.1) is 0 Å². The van der Waals surface area contributed by atoms with Crippen LogP contribution >= 0.6 is 0 Å². The molecule has 0 N–H and O–H groups in total. The highest BCUT2D eigenvalue weighted by Gasteiger charge is 2.32. The number of rotatable bonds is 4. The zero-order valence-corrected chi connectivity index (χ0v) is 13.1. The second-order valence-electron chi connectivity index (χ2n) is 5.94. The molecule has 0 radical (unpaired) electrons. The highest BCUT2D eigenvalue weighted by molar-refractivity contribution is 5.79. The Kier molecular flexibility index (Phi) is 3.78. The molecule has 6 nitrogen and oxygen atoms in total. The van der Waals surface area contributed by atoms with Gasteiger partial charge in [-0.3, -0.25) is 9.78 Å². The highest BCUT2D eigenvalue weighted by Crippen LogP contribution is 2.23. The zero-order valence-electron chi connectivity index (χ0n) is 13.1. The summed E-state index contributed by atoms with van der Waals surface area (Å²) in [4.78, 5) is 18.1. The number of carbonyl (C=O) groups excluding carboxylic acids is 1. The Labute approximate surface area is 139 Å². The number of aromatic nitrogens is 4. The number of amides is 1. The summed E-state index contributed by atoms with van der Waals surface area (Å²) in [6, 6.07) is 13.9. The average Bonchev–Trinajstić information content (AvgIpc) is 3.05. The van der Waals surface area contributed by atoms with Crippen molar-refractivity contribution >= 4 is 5.91 Å². The fourth-order valence-corrected chi connectivity index (χ4v) is 2.81. The monoisotopic (exact) mass is 319 g/mol. The molecule has 1 saturated heterocycles. The predicted octanol–water partition coefficient (Wildman–Crippen LogP) is 1.97. The molecule has 1 fully saturated rings. The predicted molar refractivity (Wildman–Crippen MR) is 89.0 cm³/mol. The number of hydrogen-bond donors (Lipinski definition) is 0. The van der Waals surface area contributed by atoms with Gasteiger partial charge >= 0.3 is 0 Å². The van der Waals surface area contributed by atoms with E-state index in [1.165, 1.54) is 0 Å². The second kappa shape index (κ2) is 6.23. The van der Waals surface area contributed by atoms with E-state index in [-0.39, 0.29) is 11.9 Å². The standard InChI is InChI=1S/C18H17N5O/c24-18(9-14-5-4-8-19-10-14)22-11-16(12-22)23-13-17(20-21-23)15-6-2-1-3-7-15/h1-8,10,13,16H,9,11-12H2. The lowest BCUT2D eigenvalue weighted by atomic mass is 10.1. The lowest BCUT2D eigenvalue weighted by Gasteiger charge is -2.38. The quantitative estimate of drug-likeness (QED) is 0.737. The van der Waals surface area contributed by atoms with Crippen LogP contribution < -0.4 is 0 Å². The van der Waals surface area contributed by atoms with Crippen LogP contribution in [0.25, 0.3) is 11.3 Å². The molecule has 0 aliphatic carbocycles. The first-order valence-corrected chi connectivity index (χ1v) is 7.93. The molecule has 3 aromatic rings. The van der Waals surface area contributed by atoms with Gasteiger partial charge in [0.2, 0.25) is 5.91 Å². The van der Waals surface area contributed by atoms with Crippen LogP contribution in [-0.4, -0.2) is 43.9 Å². The van der Waals surface area contributed by atoms with Gasteiger partial charge in [0, 0.05) is 31.0 Å². The normalized spacial score (nSPS) is 14.4. The van der Waals surface area contributed by atoms with Crippen molar-refractivity contribution in [2.24, 2.45) is 0 Å². The van der Waals surface area contributed by atoms with Gasteiger partial charge in [-0.2, -0.15) is 0 Å². The molecule has 0 saturated carbocycles. The first-order valence-electron chi connectivity index (χ1n) is 7.93. The van der Waals surface area contributed by atoms with E-state index in [0.29, 0.717) is 19.5 Å². The summed E-state index contributed by atoms with van der Waals surface area (Å²) in [7, 11) is 0. The second-order valence-corrected chi connectivity index (χ2v) is 5.94. The minimum absolute atomic E-state index is 0.127. The van der Waals surface area contributed by atoms with Crippen molar-refractivity contribution in [3.63, 3.8) is 0 Å². The van der Waals surface area contributed by atoms with Gasteiger partial charge in [-0.25, -0.2) is 4.68 Å². The van der Waals surface area contributed by atoms with Gasteiger partial charge in [-0.1, -0.05) is 41.6 Å². The third-order valence-electron chi connectivity index (χ3n) is 4.25. The maximum atomic E-state index is 12.3. The Balaban J connectivity index is 1.36. The topological polar surface area (TPSA) is 63.9 Å². The van der Waals surface area contributed by atoms with E-state index in [0.717, 1.165) is 16.8 Å². The molecule has 1 aromatic carbocycles. The minimum Gasteiger partial charge on any atom is -0.338 e. The van der Waals surface area contributed by atoms with Crippen LogP contribution in [0.1, 0.15) is 11.6 Å². The number of pyridine rings is 1. The minimum atomic E-state index is 0.127. The third-order valence-corrected chi connectivity index (χ3v) is 4.25. The molecule has 120 valence electrons. The van der Waals surface area contributed by atoms with Crippen molar-refractivity contribution in [2.45, 2.75) is 12.5 Å². The summed E-state index contributed by atoms with van der Waals surface area (Å²) in [6.07, 6.45) is 5.79. The number of benzene rings is 1. The molecule has 2 aromatic heterocycles. The molecule has 0 atom stereocenters. The molecule has 4 rings (SSSR count). The Morgan fingerprint density at radius 2 is 1.96 bits per heavy atom. The fraction of sp³-hybridized carbons (Fsp3) is 0.222. The van der Waals surface area contributed by atoms with Gasteiger partial charge < -0.3 is 4.90 Å². The summed E-state index contributed by atoms with van der Waals surface area (Å²) in [5, 5.41) is 8.44. The summed E-state index contributed by atoms with van der Waals surface area (Å²) in [6.45, 7) is 1.35. The van der Waals surface area contributed by atoms with E-state index in [4.69, 9.17) is 0 Å². The van der Waals surface area contributed by atoms with E-state index in [1.807, 2.05) is 58.2 Å². The van der Waals surface area contributed by atoms with Gasteiger partial charge in [0.15, 0.2) is 0 Å². The zero-order chi connectivity index (χ0) is 16.4. The maximum absolute atomic E-state index is 12.3. The van der Waals surface area contributed by atoms with E-state index in [9.17, 15) is 4.79 Å². The Morgan fingerprint density at radius 1 is 1.12 bits per heavy atom. The molecule has 0 spiro atoms. The van der Waals surface area contributed by atoms with Gasteiger partial charge in [0.1, 0.15) is 5.69 Å². The van der Waals surface area contributed by atoms with Crippen molar-refractivity contribution in [3.05, 3.63) is 66.6 Å². The van der Waals surface area contributed by atoms with Crippen molar-refractivity contribution in [2.75, 3.05) is 13.1 Å². The number of nitrogens with zero attached hydrogens (tertiary/aromatic N) is 5. The summed E-state index contributed by atoms with van der Waals surface area (Å²) in [5.74, 6) is 0.127. The largest absolute Gasteiger partial charge is 0.338 e. The molecular formula is C18H17N5O. The molecule has 1 aliphatic heterocycles. The first-order chi connectivity index (χ1) is 11.8. The number of likely N-dealkylation sites (tertiary alicyclic amines) is 1. The third kappa shape index (κ3) is 2.90. The smallest absolute Gasteiger partial charge is 0.227 e. The van der Waals surface area contributed by atoms with Crippen LogP contribution in [0.3, 0.4) is 0 Å². The van der Waals surface area contributed by atoms with Crippen LogP contribution in [0.2, 0.25) is 0 Å².